The lowest BCUT2D eigenvalue weighted by Gasteiger charge is -2.47. The fourth-order valence-electron chi connectivity index (χ4n) is 2.24. The summed E-state index contributed by atoms with van der Waals surface area (Å²) in [6.45, 7) is 6.33. The van der Waals surface area contributed by atoms with E-state index in [0.29, 0.717) is 0 Å². The molecule has 1 unspecified atom stereocenters. The van der Waals surface area contributed by atoms with Crippen molar-refractivity contribution < 1.29 is 5.11 Å². The van der Waals surface area contributed by atoms with Crippen molar-refractivity contribution in [2.75, 3.05) is 24.6 Å². The summed E-state index contributed by atoms with van der Waals surface area (Å²) in [7, 11) is 0. The van der Waals surface area contributed by atoms with Crippen molar-refractivity contribution in [3.63, 3.8) is 0 Å². The highest BCUT2D eigenvalue weighted by Gasteiger charge is 2.33. The van der Waals surface area contributed by atoms with Gasteiger partial charge in [-0.15, -0.1) is 0 Å². The third kappa shape index (κ3) is 2.81. The second kappa shape index (κ2) is 4.96. The van der Waals surface area contributed by atoms with Crippen LogP contribution >= 0.6 is 15.9 Å². The molecule has 0 bridgehead atoms. The number of benzene rings is 1. The van der Waals surface area contributed by atoms with Gasteiger partial charge >= 0.3 is 0 Å². The molecule has 17 heavy (non-hydrogen) atoms. The Morgan fingerprint density at radius 3 is 2.94 bits per heavy atom. The molecule has 2 N–H and O–H groups in total. The van der Waals surface area contributed by atoms with Crippen LogP contribution in [-0.2, 0) is 0 Å². The van der Waals surface area contributed by atoms with Gasteiger partial charge < -0.3 is 15.3 Å². The quantitative estimate of drug-likeness (QED) is 0.877. The molecule has 1 aliphatic heterocycles. The van der Waals surface area contributed by atoms with Crippen LogP contribution in [0.4, 0.5) is 5.69 Å². The normalized spacial score (nSPS) is 23.8. The minimum atomic E-state index is 0.0620. The first-order chi connectivity index (χ1) is 8.03. The van der Waals surface area contributed by atoms with Crippen LogP contribution < -0.4 is 10.2 Å². The molecule has 1 atom stereocenters. The summed E-state index contributed by atoms with van der Waals surface area (Å²) in [6, 6.07) is 8.48. The van der Waals surface area contributed by atoms with Crippen molar-refractivity contribution in [2.45, 2.75) is 25.4 Å². The van der Waals surface area contributed by atoms with Gasteiger partial charge in [-0.05, 0) is 32.0 Å². The maximum atomic E-state index is 9.28. The van der Waals surface area contributed by atoms with E-state index in [1.165, 1.54) is 5.69 Å². The second-order valence-corrected chi connectivity index (χ2v) is 6.08. The van der Waals surface area contributed by atoms with Crippen molar-refractivity contribution in [1.82, 2.24) is 5.32 Å². The number of aliphatic hydroxyl groups excluding tert-OH is 1. The number of piperazine rings is 1. The number of rotatable bonds is 2. The number of anilines is 1. The first kappa shape index (κ1) is 12.9. The van der Waals surface area contributed by atoms with E-state index < -0.39 is 0 Å². The molecule has 94 valence electrons. The van der Waals surface area contributed by atoms with E-state index in [1.807, 2.05) is 12.1 Å². The van der Waals surface area contributed by atoms with Crippen LogP contribution in [0.15, 0.2) is 28.7 Å². The van der Waals surface area contributed by atoms with Crippen LogP contribution in [0.25, 0.3) is 0 Å². The zero-order valence-electron chi connectivity index (χ0n) is 10.3. The van der Waals surface area contributed by atoms with Crippen LogP contribution in [0.2, 0.25) is 0 Å². The molecule has 0 aliphatic carbocycles. The fraction of sp³-hybridized carbons (Fsp3) is 0.538. The first-order valence-electron chi connectivity index (χ1n) is 5.90. The summed E-state index contributed by atoms with van der Waals surface area (Å²) in [5, 5.41) is 12.7. The van der Waals surface area contributed by atoms with E-state index in [0.717, 1.165) is 17.6 Å². The summed E-state index contributed by atoms with van der Waals surface area (Å²) in [5.41, 5.74) is 1.26. The lowest BCUT2D eigenvalue weighted by molar-refractivity contribution is 0.210. The van der Waals surface area contributed by atoms with Gasteiger partial charge in [0.25, 0.3) is 0 Å². The highest BCUT2D eigenvalue weighted by Crippen LogP contribution is 2.28. The van der Waals surface area contributed by atoms with E-state index in [1.54, 1.807) is 0 Å². The van der Waals surface area contributed by atoms with Gasteiger partial charge in [-0.2, -0.15) is 0 Å². The van der Waals surface area contributed by atoms with Gasteiger partial charge in [0.15, 0.2) is 0 Å². The molecule has 0 spiro atoms. The monoisotopic (exact) mass is 298 g/mol. The Kier molecular flexibility index (Phi) is 3.76. The van der Waals surface area contributed by atoms with Crippen molar-refractivity contribution in [3.05, 3.63) is 28.7 Å². The van der Waals surface area contributed by atoms with Gasteiger partial charge in [0.2, 0.25) is 0 Å². The SMILES string of the molecule is CC1(C)CNC(CO)CN1c1cccc(Br)c1. The van der Waals surface area contributed by atoms with Crippen LogP contribution in [-0.4, -0.2) is 36.4 Å². The van der Waals surface area contributed by atoms with Crippen LogP contribution in [0.5, 0.6) is 0 Å². The summed E-state index contributed by atoms with van der Waals surface area (Å²) < 4.78 is 1.09. The topological polar surface area (TPSA) is 35.5 Å². The molecule has 3 nitrogen and oxygen atoms in total. The van der Waals surface area contributed by atoms with Gasteiger partial charge in [-0.1, -0.05) is 22.0 Å². The molecule has 0 amide bonds. The van der Waals surface area contributed by atoms with Gasteiger partial charge in [-0.25, -0.2) is 0 Å². The lowest BCUT2D eigenvalue weighted by atomic mass is 9.96. The highest BCUT2D eigenvalue weighted by molar-refractivity contribution is 9.10. The van der Waals surface area contributed by atoms with E-state index in [9.17, 15) is 5.11 Å². The molecule has 1 heterocycles. The zero-order valence-corrected chi connectivity index (χ0v) is 11.9. The summed E-state index contributed by atoms with van der Waals surface area (Å²) in [6.07, 6.45) is 0. The third-order valence-electron chi connectivity index (χ3n) is 3.30. The fourth-order valence-corrected chi connectivity index (χ4v) is 2.63. The number of nitrogens with one attached hydrogen (secondary N) is 1. The Morgan fingerprint density at radius 2 is 2.29 bits per heavy atom. The number of hydrogen-bond acceptors (Lipinski definition) is 3. The smallest absolute Gasteiger partial charge is 0.0601 e. The van der Waals surface area contributed by atoms with E-state index in [2.05, 4.69) is 52.1 Å². The molecule has 1 aromatic rings. The first-order valence-corrected chi connectivity index (χ1v) is 6.70. The molecule has 1 aliphatic rings. The lowest BCUT2D eigenvalue weighted by Crippen LogP contribution is -2.63. The Balaban J connectivity index is 2.27. The average Bonchev–Trinajstić information content (AvgIpc) is 2.29. The van der Waals surface area contributed by atoms with Crippen LogP contribution in [0, 0.1) is 0 Å². The van der Waals surface area contributed by atoms with Gasteiger partial charge in [0, 0.05) is 34.8 Å². The number of nitrogens with zero attached hydrogens (tertiary/aromatic N) is 1. The minimum Gasteiger partial charge on any atom is -0.395 e. The van der Waals surface area contributed by atoms with Gasteiger partial charge in [0.05, 0.1) is 6.61 Å². The van der Waals surface area contributed by atoms with Crippen molar-refractivity contribution in [1.29, 1.82) is 0 Å². The Bertz CT molecular complexity index is 395. The molecule has 4 heteroatoms. The Morgan fingerprint density at radius 1 is 1.53 bits per heavy atom. The molecule has 0 saturated carbocycles. The standard InChI is InChI=1S/C13H19BrN2O/c1-13(2)9-15-11(8-17)7-16(13)12-5-3-4-10(14)6-12/h3-6,11,15,17H,7-9H2,1-2H3. The van der Waals surface area contributed by atoms with E-state index in [-0.39, 0.29) is 18.2 Å². The summed E-state index contributed by atoms with van der Waals surface area (Å²) in [5.74, 6) is 0. The third-order valence-corrected chi connectivity index (χ3v) is 3.79. The number of hydrogen-bond donors (Lipinski definition) is 2. The van der Waals surface area contributed by atoms with Crippen LogP contribution in [0.3, 0.4) is 0 Å². The van der Waals surface area contributed by atoms with E-state index >= 15 is 0 Å². The number of halogens is 1. The molecule has 0 radical (unpaired) electrons. The second-order valence-electron chi connectivity index (χ2n) is 5.16. The molecule has 1 fully saturated rings. The molecule has 0 aromatic heterocycles. The molecular weight excluding hydrogens is 280 g/mol. The van der Waals surface area contributed by atoms with Gasteiger partial charge in [0.1, 0.15) is 0 Å². The summed E-state index contributed by atoms with van der Waals surface area (Å²) in [4.78, 5) is 2.36. The maximum Gasteiger partial charge on any atom is 0.0601 e. The predicted octanol–water partition coefficient (Wildman–Crippen LogP) is 2.00. The highest BCUT2D eigenvalue weighted by atomic mass is 79.9. The maximum absolute atomic E-state index is 9.28. The molecule has 2 rings (SSSR count). The zero-order chi connectivity index (χ0) is 12.5. The average molecular weight is 299 g/mol. The largest absolute Gasteiger partial charge is 0.395 e. The van der Waals surface area contributed by atoms with Crippen molar-refractivity contribution >= 4 is 21.6 Å². The van der Waals surface area contributed by atoms with E-state index in [4.69, 9.17) is 0 Å². The Hall–Kier alpha value is -0.580. The van der Waals surface area contributed by atoms with Crippen LogP contribution in [0.1, 0.15) is 13.8 Å². The minimum absolute atomic E-state index is 0.0620. The predicted molar refractivity (Wildman–Crippen MR) is 74.4 cm³/mol. The summed E-state index contributed by atoms with van der Waals surface area (Å²) >= 11 is 3.51. The number of aliphatic hydroxyl groups is 1. The Labute approximate surface area is 111 Å². The van der Waals surface area contributed by atoms with Gasteiger partial charge in [-0.3, -0.25) is 0 Å². The molecular formula is C13H19BrN2O. The van der Waals surface area contributed by atoms with Crippen molar-refractivity contribution in [3.8, 4) is 0 Å². The van der Waals surface area contributed by atoms with Crippen molar-refractivity contribution in [2.24, 2.45) is 0 Å². The molecule has 1 saturated heterocycles. The molecule has 1 aromatic carbocycles.